The first-order valence-corrected chi connectivity index (χ1v) is 14.7. The molecule has 0 saturated carbocycles. The number of benzene rings is 6. The number of hydrogen-bond acceptors (Lipinski definition) is 4. The summed E-state index contributed by atoms with van der Waals surface area (Å²) in [4.78, 5) is 14.8. The normalized spacial score (nSPS) is 14.5. The molecule has 3 aromatic heterocycles. The molecular weight excluding hydrogens is 557 g/mol. The molecule has 0 fully saturated rings. The molecule has 6 aromatic carbocycles. The van der Waals surface area contributed by atoms with E-state index in [9.17, 15) is 0 Å². The van der Waals surface area contributed by atoms with Gasteiger partial charge in [-0.1, -0.05) is 115 Å². The molecule has 9 aromatic rings. The van der Waals surface area contributed by atoms with E-state index < -0.39 is 42.3 Å². The van der Waals surface area contributed by atoms with Crippen molar-refractivity contribution < 1.29 is 12.3 Å². The average Bonchev–Trinajstić information content (AvgIpc) is 3.74. The van der Waals surface area contributed by atoms with Crippen LogP contribution in [0.3, 0.4) is 0 Å². The number of fused-ring (bicyclic) bond motifs is 6. The van der Waals surface area contributed by atoms with Gasteiger partial charge in [0.15, 0.2) is 11.6 Å². The lowest BCUT2D eigenvalue weighted by Gasteiger charge is -2.13. The van der Waals surface area contributed by atoms with Crippen molar-refractivity contribution in [2.24, 2.45) is 0 Å². The van der Waals surface area contributed by atoms with Gasteiger partial charge < -0.3 is 0 Å². The SMILES string of the molecule is [2H]c1c([2H])c([2H])c(-c2cccc3c4c([2H])c([2H])c([2H])c([2H])c4n(-c4nc(-c5ccccc5)nc(-c5ccc6sc7ccccc7c6c5)n4)c23)c([2H])c1[2H]. The number of rotatable bonds is 4. The maximum absolute atomic E-state index is 9.15. The second-order valence-electron chi connectivity index (χ2n) is 10.2. The van der Waals surface area contributed by atoms with Gasteiger partial charge >= 0.3 is 0 Å². The van der Waals surface area contributed by atoms with Crippen molar-refractivity contribution in [1.29, 1.82) is 0 Å². The number of hydrogen-bond donors (Lipinski definition) is 0. The van der Waals surface area contributed by atoms with E-state index in [1.807, 2.05) is 60.7 Å². The monoisotopic (exact) mass is 589 g/mol. The smallest absolute Gasteiger partial charge is 0.238 e. The Morgan fingerprint density at radius 3 is 2.14 bits per heavy atom. The molecule has 4 nitrogen and oxygen atoms in total. The highest BCUT2D eigenvalue weighted by Crippen LogP contribution is 2.39. The summed E-state index contributed by atoms with van der Waals surface area (Å²) in [5.74, 6) is 0.633. The van der Waals surface area contributed by atoms with Crippen molar-refractivity contribution >= 4 is 53.3 Å². The van der Waals surface area contributed by atoms with Crippen LogP contribution in [0, 0.1) is 0 Å². The summed E-state index contributed by atoms with van der Waals surface area (Å²) in [5.41, 5.74) is 1.81. The second-order valence-corrected chi connectivity index (χ2v) is 11.3. The molecule has 0 N–H and O–H groups in total. The van der Waals surface area contributed by atoms with Gasteiger partial charge in [0.2, 0.25) is 5.95 Å². The van der Waals surface area contributed by atoms with Crippen molar-refractivity contribution in [3.8, 4) is 39.9 Å². The first-order chi connectivity index (χ1) is 25.5. The Bertz CT molecular complexity index is 2990. The molecule has 44 heavy (non-hydrogen) atoms. The molecule has 5 heteroatoms. The highest BCUT2D eigenvalue weighted by atomic mass is 32.1. The maximum atomic E-state index is 9.15. The molecule has 3 heterocycles. The molecule has 0 unspecified atom stereocenters. The quantitative estimate of drug-likeness (QED) is 0.205. The number of thiophene rings is 1. The van der Waals surface area contributed by atoms with Crippen LogP contribution in [0.2, 0.25) is 0 Å². The van der Waals surface area contributed by atoms with Gasteiger partial charge in [-0.15, -0.1) is 11.3 Å². The van der Waals surface area contributed by atoms with E-state index in [0.717, 1.165) is 20.2 Å². The first-order valence-electron chi connectivity index (χ1n) is 18.4. The lowest BCUT2D eigenvalue weighted by atomic mass is 10.0. The van der Waals surface area contributed by atoms with E-state index in [1.165, 1.54) is 4.57 Å². The molecule has 0 aliphatic carbocycles. The van der Waals surface area contributed by atoms with Crippen molar-refractivity contribution in [1.82, 2.24) is 19.5 Å². The van der Waals surface area contributed by atoms with E-state index in [0.29, 0.717) is 28.2 Å². The Morgan fingerprint density at radius 2 is 1.25 bits per heavy atom. The fourth-order valence-corrected chi connectivity index (χ4v) is 6.81. The van der Waals surface area contributed by atoms with Crippen molar-refractivity contribution in [2.75, 3.05) is 0 Å². The Balaban J connectivity index is 1.44. The highest BCUT2D eigenvalue weighted by molar-refractivity contribution is 7.25. The lowest BCUT2D eigenvalue weighted by Crippen LogP contribution is -2.07. The zero-order valence-corrected chi connectivity index (χ0v) is 23.7. The van der Waals surface area contributed by atoms with Gasteiger partial charge in [0.25, 0.3) is 0 Å². The van der Waals surface area contributed by atoms with Gasteiger partial charge in [-0.25, -0.2) is 4.98 Å². The van der Waals surface area contributed by atoms with Crippen LogP contribution < -0.4 is 0 Å². The Labute approximate surface area is 270 Å². The third kappa shape index (κ3) is 3.94. The van der Waals surface area contributed by atoms with E-state index in [1.54, 1.807) is 29.5 Å². The molecule has 0 atom stereocenters. The van der Waals surface area contributed by atoms with E-state index in [2.05, 4.69) is 12.1 Å². The van der Waals surface area contributed by atoms with E-state index in [4.69, 9.17) is 27.3 Å². The number of nitrogens with zero attached hydrogens (tertiary/aromatic N) is 4. The van der Waals surface area contributed by atoms with E-state index >= 15 is 0 Å². The maximum Gasteiger partial charge on any atom is 0.238 e. The second kappa shape index (κ2) is 9.97. The molecular formula is C39H24N4S. The molecule has 9 rings (SSSR count). The summed E-state index contributed by atoms with van der Waals surface area (Å²) in [5, 5.41) is 2.66. The van der Waals surface area contributed by atoms with E-state index in [-0.39, 0.29) is 45.6 Å². The third-order valence-corrected chi connectivity index (χ3v) is 8.83. The Morgan fingerprint density at radius 1 is 0.523 bits per heavy atom. The Hall–Kier alpha value is -5.65. The standard InChI is InChI=1S/C39H24N4S/c1-3-12-25(13-4-1)28-18-11-19-31-29-16-7-9-20-33(29)43(36(28)31)39-41-37(26-14-5-2-6-15-26)40-38(42-39)27-22-23-35-32(24-27)30-17-8-10-21-34(30)44-35/h1-24H/i1D,3D,4D,7D,9D,12D,13D,16D,20D. The highest BCUT2D eigenvalue weighted by Gasteiger charge is 2.20. The van der Waals surface area contributed by atoms with Crippen molar-refractivity contribution in [3.05, 3.63) is 145 Å². The summed E-state index contributed by atoms with van der Waals surface area (Å²) in [7, 11) is 0. The molecule has 0 bridgehead atoms. The van der Waals surface area contributed by atoms with Crippen LogP contribution in [-0.2, 0) is 0 Å². The van der Waals surface area contributed by atoms with Crippen LogP contribution in [0.25, 0.3) is 81.8 Å². The molecule has 206 valence electrons. The Kier molecular flexibility index (Phi) is 3.96. The van der Waals surface area contributed by atoms with Gasteiger partial charge in [0, 0.05) is 47.6 Å². The van der Waals surface area contributed by atoms with Gasteiger partial charge in [-0.3, -0.25) is 4.57 Å². The van der Waals surface area contributed by atoms with Crippen molar-refractivity contribution in [3.63, 3.8) is 0 Å². The minimum Gasteiger partial charge on any atom is -0.277 e. The molecule has 0 aliphatic heterocycles. The molecule has 0 saturated heterocycles. The van der Waals surface area contributed by atoms with Gasteiger partial charge in [0.1, 0.15) is 0 Å². The topological polar surface area (TPSA) is 43.6 Å². The molecule has 0 spiro atoms. The fraction of sp³-hybridized carbons (Fsp3) is 0. The van der Waals surface area contributed by atoms with Crippen LogP contribution in [0.1, 0.15) is 12.3 Å². The largest absolute Gasteiger partial charge is 0.277 e. The molecule has 0 amide bonds. The predicted octanol–water partition coefficient (Wildman–Crippen LogP) is 10.3. The van der Waals surface area contributed by atoms with Crippen LogP contribution >= 0.6 is 11.3 Å². The van der Waals surface area contributed by atoms with Crippen molar-refractivity contribution in [2.45, 2.75) is 0 Å². The van der Waals surface area contributed by atoms with Crippen LogP contribution in [0.4, 0.5) is 0 Å². The summed E-state index contributed by atoms with van der Waals surface area (Å²) in [6.45, 7) is 0. The first kappa shape index (κ1) is 17.5. The minimum atomic E-state index is -0.541. The summed E-state index contributed by atoms with van der Waals surface area (Å²) >= 11 is 1.68. The molecule has 0 radical (unpaired) electrons. The van der Waals surface area contributed by atoms with Crippen LogP contribution in [0.15, 0.2) is 145 Å². The fourth-order valence-electron chi connectivity index (χ4n) is 5.73. The minimum absolute atomic E-state index is 0.0222. The van der Waals surface area contributed by atoms with Gasteiger partial charge in [-0.05, 0) is 35.9 Å². The van der Waals surface area contributed by atoms with Gasteiger partial charge in [0.05, 0.1) is 23.4 Å². The zero-order chi connectivity index (χ0) is 36.9. The van der Waals surface area contributed by atoms with Crippen LogP contribution in [0.5, 0.6) is 0 Å². The summed E-state index contributed by atoms with van der Waals surface area (Å²) in [6, 6.07) is 24.4. The van der Waals surface area contributed by atoms with Crippen LogP contribution in [-0.4, -0.2) is 19.5 Å². The summed E-state index contributed by atoms with van der Waals surface area (Å²) < 4.78 is 81.9. The van der Waals surface area contributed by atoms with Gasteiger partial charge in [-0.2, -0.15) is 9.97 Å². The number of aromatic nitrogens is 4. The average molecular weight is 590 g/mol. The lowest BCUT2D eigenvalue weighted by molar-refractivity contribution is 0.954. The number of para-hydroxylation sites is 2. The third-order valence-electron chi connectivity index (χ3n) is 7.68. The molecule has 0 aliphatic rings. The predicted molar refractivity (Wildman–Crippen MR) is 183 cm³/mol. The zero-order valence-electron chi connectivity index (χ0n) is 31.9. The summed E-state index contributed by atoms with van der Waals surface area (Å²) in [6.07, 6.45) is 0.